The lowest BCUT2D eigenvalue weighted by atomic mass is 9.88. The summed E-state index contributed by atoms with van der Waals surface area (Å²) in [6.07, 6.45) is 2.92. The second kappa shape index (κ2) is 12.3. The van der Waals surface area contributed by atoms with Crippen LogP contribution in [0.25, 0.3) is 0 Å². The van der Waals surface area contributed by atoms with Gasteiger partial charge in [0, 0.05) is 38.9 Å². The van der Waals surface area contributed by atoms with E-state index in [1.54, 1.807) is 21.3 Å². The first-order valence-electron chi connectivity index (χ1n) is 9.45. The van der Waals surface area contributed by atoms with Crippen LogP contribution in [0, 0.1) is 0 Å². The lowest BCUT2D eigenvalue weighted by Crippen LogP contribution is -2.57. The second-order valence-corrected chi connectivity index (χ2v) is 7.02. The minimum absolute atomic E-state index is 0. The Bertz CT molecular complexity index is 619. The van der Waals surface area contributed by atoms with E-state index in [-0.39, 0.29) is 29.5 Å². The lowest BCUT2D eigenvalue weighted by molar-refractivity contribution is -0.00501. The second-order valence-electron chi connectivity index (χ2n) is 7.02. The third-order valence-corrected chi connectivity index (χ3v) is 5.33. The van der Waals surface area contributed by atoms with Gasteiger partial charge in [-0.3, -0.25) is 4.99 Å². The Balaban J connectivity index is 0.00000392. The van der Waals surface area contributed by atoms with Gasteiger partial charge in [0.05, 0.1) is 14.2 Å². The molecule has 0 amide bonds. The molecule has 160 valence electrons. The van der Waals surface area contributed by atoms with Crippen LogP contribution in [0.5, 0.6) is 11.5 Å². The highest BCUT2D eigenvalue weighted by Gasteiger charge is 2.34. The number of halogens is 1. The van der Waals surface area contributed by atoms with E-state index in [1.807, 2.05) is 12.1 Å². The summed E-state index contributed by atoms with van der Waals surface area (Å²) >= 11 is 0. The first kappa shape index (κ1) is 24.8. The van der Waals surface area contributed by atoms with E-state index in [9.17, 15) is 0 Å². The zero-order valence-electron chi connectivity index (χ0n) is 17.7. The smallest absolute Gasteiger partial charge is 0.191 e. The maximum atomic E-state index is 5.54. The van der Waals surface area contributed by atoms with Crippen molar-refractivity contribution in [2.75, 3.05) is 61.7 Å². The topological polar surface area (TPSA) is 67.4 Å². The molecule has 2 rings (SSSR count). The number of benzene rings is 1. The minimum atomic E-state index is 0. The van der Waals surface area contributed by atoms with Crippen molar-refractivity contribution in [1.82, 2.24) is 15.5 Å². The molecular weight excluding hydrogens is 471 g/mol. The van der Waals surface area contributed by atoms with Gasteiger partial charge in [-0.05, 0) is 51.1 Å². The average Bonchev–Trinajstić information content (AvgIpc) is 2.70. The van der Waals surface area contributed by atoms with Crippen molar-refractivity contribution in [2.45, 2.75) is 24.8 Å². The Morgan fingerprint density at radius 1 is 1.14 bits per heavy atom. The van der Waals surface area contributed by atoms with Gasteiger partial charge in [-0.15, -0.1) is 24.0 Å². The summed E-state index contributed by atoms with van der Waals surface area (Å²) in [6.45, 7) is 3.25. The number of nitrogens with zero attached hydrogens (tertiary/aromatic N) is 2. The normalized spacial score (nSPS) is 16.3. The summed E-state index contributed by atoms with van der Waals surface area (Å²) in [5, 5.41) is 6.88. The predicted octanol–water partition coefficient (Wildman–Crippen LogP) is 2.14. The summed E-state index contributed by atoms with van der Waals surface area (Å²) in [7, 11) is 9.38. The molecule has 1 aromatic carbocycles. The highest BCUT2D eigenvalue weighted by molar-refractivity contribution is 14.0. The standard InChI is InChI=1S/C20H34N4O3.HI/c1-21-19(23-15-20(24(2)3)9-12-27-13-10-20)22-11-8-16-6-7-17(25-4)18(14-16)26-5;/h6-7,14H,8-13,15H2,1-5H3,(H2,21,22,23);1H. The molecule has 1 heterocycles. The highest BCUT2D eigenvalue weighted by Crippen LogP contribution is 2.27. The molecule has 1 fully saturated rings. The van der Waals surface area contributed by atoms with Gasteiger partial charge in [-0.2, -0.15) is 0 Å². The molecule has 1 aromatic rings. The predicted molar refractivity (Wildman–Crippen MR) is 125 cm³/mol. The number of methoxy groups -OCH3 is 2. The molecule has 0 saturated carbocycles. The van der Waals surface area contributed by atoms with Crippen LogP contribution in [0.15, 0.2) is 23.2 Å². The Hall–Kier alpha value is -1.26. The molecule has 28 heavy (non-hydrogen) atoms. The molecule has 0 aliphatic carbocycles. The fourth-order valence-electron chi connectivity index (χ4n) is 3.36. The fourth-order valence-corrected chi connectivity index (χ4v) is 3.36. The monoisotopic (exact) mass is 506 g/mol. The zero-order valence-corrected chi connectivity index (χ0v) is 20.0. The Labute approximate surface area is 186 Å². The quantitative estimate of drug-likeness (QED) is 0.320. The molecule has 0 atom stereocenters. The average molecular weight is 506 g/mol. The van der Waals surface area contributed by atoms with Crippen LogP contribution in [-0.2, 0) is 11.2 Å². The van der Waals surface area contributed by atoms with Gasteiger partial charge in [0.2, 0.25) is 0 Å². The van der Waals surface area contributed by atoms with E-state index in [4.69, 9.17) is 14.2 Å². The largest absolute Gasteiger partial charge is 0.493 e. The van der Waals surface area contributed by atoms with Gasteiger partial charge in [-0.1, -0.05) is 6.07 Å². The third kappa shape index (κ3) is 6.66. The summed E-state index contributed by atoms with van der Waals surface area (Å²) in [5.74, 6) is 2.32. The minimum Gasteiger partial charge on any atom is -0.493 e. The van der Waals surface area contributed by atoms with Crippen LogP contribution in [0.1, 0.15) is 18.4 Å². The van der Waals surface area contributed by atoms with Crippen molar-refractivity contribution < 1.29 is 14.2 Å². The zero-order chi connectivity index (χ0) is 19.7. The molecule has 1 saturated heterocycles. The van der Waals surface area contributed by atoms with Crippen molar-refractivity contribution in [3.05, 3.63) is 23.8 Å². The van der Waals surface area contributed by atoms with Crippen LogP contribution < -0.4 is 20.1 Å². The summed E-state index contributed by atoms with van der Waals surface area (Å²) in [4.78, 5) is 6.66. The Morgan fingerprint density at radius 3 is 2.39 bits per heavy atom. The van der Waals surface area contributed by atoms with E-state index >= 15 is 0 Å². The van der Waals surface area contributed by atoms with Crippen molar-refractivity contribution in [3.8, 4) is 11.5 Å². The molecule has 8 heteroatoms. The first-order valence-corrected chi connectivity index (χ1v) is 9.45. The fraction of sp³-hybridized carbons (Fsp3) is 0.650. The van der Waals surface area contributed by atoms with Crippen molar-refractivity contribution in [1.29, 1.82) is 0 Å². The molecule has 7 nitrogen and oxygen atoms in total. The van der Waals surface area contributed by atoms with Gasteiger partial charge in [0.15, 0.2) is 17.5 Å². The van der Waals surface area contributed by atoms with E-state index in [2.05, 4.69) is 40.7 Å². The molecule has 0 radical (unpaired) electrons. The lowest BCUT2D eigenvalue weighted by Gasteiger charge is -2.43. The van der Waals surface area contributed by atoms with Gasteiger partial charge < -0.3 is 29.7 Å². The summed E-state index contributed by atoms with van der Waals surface area (Å²) in [5.41, 5.74) is 1.30. The molecule has 1 aliphatic heterocycles. The van der Waals surface area contributed by atoms with E-state index < -0.39 is 0 Å². The van der Waals surface area contributed by atoms with Crippen LogP contribution in [0.4, 0.5) is 0 Å². The number of likely N-dealkylation sites (N-methyl/N-ethyl adjacent to an activating group) is 1. The SMILES string of the molecule is CN=C(NCCc1ccc(OC)c(OC)c1)NCC1(N(C)C)CCOCC1.I. The van der Waals surface area contributed by atoms with Gasteiger partial charge in [-0.25, -0.2) is 0 Å². The van der Waals surface area contributed by atoms with Crippen molar-refractivity contribution >= 4 is 29.9 Å². The third-order valence-electron chi connectivity index (χ3n) is 5.33. The molecule has 2 N–H and O–H groups in total. The molecule has 0 aromatic heterocycles. The first-order chi connectivity index (χ1) is 13.0. The number of ether oxygens (including phenoxy) is 3. The number of hydrogen-bond donors (Lipinski definition) is 2. The Morgan fingerprint density at radius 2 is 1.82 bits per heavy atom. The van der Waals surface area contributed by atoms with Gasteiger partial charge in [0.1, 0.15) is 0 Å². The van der Waals surface area contributed by atoms with Crippen LogP contribution >= 0.6 is 24.0 Å². The summed E-state index contributed by atoms with van der Waals surface area (Å²) < 4.78 is 16.2. The van der Waals surface area contributed by atoms with E-state index in [0.717, 1.165) is 63.0 Å². The summed E-state index contributed by atoms with van der Waals surface area (Å²) in [6, 6.07) is 6.01. The van der Waals surface area contributed by atoms with Gasteiger partial charge >= 0.3 is 0 Å². The Kier molecular flexibility index (Phi) is 10.9. The van der Waals surface area contributed by atoms with Crippen LogP contribution in [0.2, 0.25) is 0 Å². The van der Waals surface area contributed by atoms with Crippen LogP contribution in [0.3, 0.4) is 0 Å². The molecule has 0 unspecified atom stereocenters. The number of hydrogen-bond acceptors (Lipinski definition) is 5. The van der Waals surface area contributed by atoms with Crippen molar-refractivity contribution in [2.24, 2.45) is 4.99 Å². The van der Waals surface area contributed by atoms with E-state index in [1.165, 1.54) is 5.56 Å². The van der Waals surface area contributed by atoms with E-state index in [0.29, 0.717) is 0 Å². The maximum absolute atomic E-state index is 5.54. The molecule has 0 bridgehead atoms. The number of nitrogens with one attached hydrogen (secondary N) is 2. The maximum Gasteiger partial charge on any atom is 0.191 e. The highest BCUT2D eigenvalue weighted by atomic mass is 127. The number of guanidine groups is 1. The number of aliphatic imine (C=N–C) groups is 1. The van der Waals surface area contributed by atoms with Crippen molar-refractivity contribution in [3.63, 3.8) is 0 Å². The van der Waals surface area contributed by atoms with Crippen LogP contribution in [-0.4, -0.2) is 78.1 Å². The number of rotatable bonds is 8. The molecular formula is C20H35IN4O3. The molecule has 0 spiro atoms. The van der Waals surface area contributed by atoms with Gasteiger partial charge in [0.25, 0.3) is 0 Å². The molecule has 1 aliphatic rings.